The van der Waals surface area contributed by atoms with Gasteiger partial charge in [-0.15, -0.1) is 0 Å². The highest BCUT2D eigenvalue weighted by Gasteiger charge is 2.44. The first-order valence-corrected chi connectivity index (χ1v) is 14.5. The Morgan fingerprint density at radius 1 is 1.02 bits per heavy atom. The van der Waals surface area contributed by atoms with Gasteiger partial charge in [-0.1, -0.05) is 69.2 Å². The molecule has 224 valence electrons. The molecule has 2 fully saturated rings. The van der Waals surface area contributed by atoms with E-state index >= 15 is 0 Å². The van der Waals surface area contributed by atoms with Crippen molar-refractivity contribution in [1.29, 1.82) is 0 Å². The first-order valence-electron chi connectivity index (χ1n) is 14.5. The van der Waals surface area contributed by atoms with E-state index in [1.165, 1.54) is 4.90 Å². The molecule has 0 aromatic heterocycles. The second-order valence-corrected chi connectivity index (χ2v) is 10.8. The van der Waals surface area contributed by atoms with E-state index in [0.29, 0.717) is 25.5 Å². The molecule has 41 heavy (non-hydrogen) atoms. The molecule has 0 radical (unpaired) electrons. The normalized spacial score (nSPS) is 21.2. The first kappa shape index (κ1) is 30.6. The number of aliphatic hydroxyl groups excluding tert-OH is 1. The summed E-state index contributed by atoms with van der Waals surface area (Å²) in [6.07, 6.45) is -1.06. The number of amides is 2. The minimum Gasteiger partial charge on any atom is -0.489 e. The summed E-state index contributed by atoms with van der Waals surface area (Å²) in [4.78, 5) is 26.2. The molecule has 2 aliphatic heterocycles. The highest BCUT2D eigenvalue weighted by atomic mass is 16.7. The second-order valence-electron chi connectivity index (χ2n) is 10.8. The molecule has 0 saturated carbocycles. The Labute approximate surface area is 241 Å². The Morgan fingerprint density at radius 3 is 2.44 bits per heavy atom. The Balaban J connectivity index is 1.41. The third-order valence-electron chi connectivity index (χ3n) is 7.95. The van der Waals surface area contributed by atoms with Gasteiger partial charge in [0.25, 0.3) is 0 Å². The Kier molecular flexibility index (Phi) is 11.2. The van der Waals surface area contributed by atoms with E-state index in [-0.39, 0.29) is 37.7 Å². The number of hydrogen-bond acceptors (Lipinski definition) is 7. The van der Waals surface area contributed by atoms with Crippen LogP contribution < -0.4 is 10.1 Å². The third kappa shape index (κ3) is 8.82. The van der Waals surface area contributed by atoms with Crippen LogP contribution in [0.5, 0.6) is 5.75 Å². The molecule has 2 saturated heterocycles. The van der Waals surface area contributed by atoms with E-state index in [1.807, 2.05) is 68.4 Å². The highest BCUT2D eigenvalue weighted by molar-refractivity contribution is 5.68. The van der Waals surface area contributed by atoms with E-state index in [9.17, 15) is 19.8 Å². The molecule has 2 aromatic rings. The van der Waals surface area contributed by atoms with Crippen molar-refractivity contribution < 1.29 is 38.7 Å². The Morgan fingerprint density at radius 2 is 1.76 bits per heavy atom. The van der Waals surface area contributed by atoms with Crippen LogP contribution in [-0.2, 0) is 27.2 Å². The van der Waals surface area contributed by atoms with Crippen molar-refractivity contribution in [1.82, 2.24) is 10.2 Å². The molecule has 10 heteroatoms. The van der Waals surface area contributed by atoms with Crippen molar-refractivity contribution in [2.75, 3.05) is 26.3 Å². The number of carboxylic acid groups (broad SMARTS) is 1. The van der Waals surface area contributed by atoms with Gasteiger partial charge in [-0.3, -0.25) is 0 Å². The van der Waals surface area contributed by atoms with E-state index in [4.69, 9.17) is 18.9 Å². The minimum atomic E-state index is -1.16. The molecule has 5 atom stereocenters. The van der Waals surface area contributed by atoms with Gasteiger partial charge in [0, 0.05) is 6.54 Å². The van der Waals surface area contributed by atoms with E-state index < -0.39 is 30.4 Å². The van der Waals surface area contributed by atoms with E-state index in [0.717, 1.165) is 30.4 Å². The zero-order valence-electron chi connectivity index (χ0n) is 23.8. The maximum Gasteiger partial charge on any atom is 0.407 e. The number of rotatable bonds is 14. The van der Waals surface area contributed by atoms with Crippen LogP contribution in [0.4, 0.5) is 9.59 Å². The molecule has 2 aromatic carbocycles. The second kappa shape index (κ2) is 15.0. The van der Waals surface area contributed by atoms with Crippen molar-refractivity contribution >= 4 is 12.2 Å². The fraction of sp³-hybridized carbons (Fsp3) is 0.548. The lowest BCUT2D eigenvalue weighted by atomic mass is 9.99. The number of fused-ring (bicyclic) bond motifs is 1. The molecule has 0 bridgehead atoms. The predicted molar refractivity (Wildman–Crippen MR) is 152 cm³/mol. The van der Waals surface area contributed by atoms with Crippen molar-refractivity contribution in [3.63, 3.8) is 0 Å². The lowest BCUT2D eigenvalue weighted by molar-refractivity contribution is -0.0907. The maximum absolute atomic E-state index is 13.0. The zero-order chi connectivity index (χ0) is 29.2. The van der Waals surface area contributed by atoms with Crippen LogP contribution in [0.15, 0.2) is 54.6 Å². The average molecular weight is 571 g/mol. The monoisotopic (exact) mass is 570 g/mol. The summed E-state index contributed by atoms with van der Waals surface area (Å²) < 4.78 is 22.6. The number of ether oxygens (including phenoxy) is 4. The molecule has 2 heterocycles. The number of nitrogens with zero attached hydrogens (tertiary/aromatic N) is 1. The molecule has 3 N–H and O–H groups in total. The Bertz CT molecular complexity index is 1100. The SMILES string of the molecule is CCC(CC)CN(CC(O)C(Cc1ccc(OCc2ccccc2)cc1)NC(=O)O[C@H]1CO[C@H]2OCC[C@H]21)C(=O)O. The number of benzene rings is 2. The smallest absolute Gasteiger partial charge is 0.407 e. The summed E-state index contributed by atoms with van der Waals surface area (Å²) in [5, 5.41) is 23.8. The molecule has 2 unspecified atom stereocenters. The van der Waals surface area contributed by atoms with Gasteiger partial charge >= 0.3 is 12.2 Å². The topological polar surface area (TPSA) is 127 Å². The van der Waals surface area contributed by atoms with Gasteiger partial charge in [0.05, 0.1) is 37.8 Å². The van der Waals surface area contributed by atoms with Gasteiger partial charge in [-0.25, -0.2) is 9.59 Å². The van der Waals surface area contributed by atoms with Gasteiger partial charge in [0.15, 0.2) is 6.29 Å². The zero-order valence-corrected chi connectivity index (χ0v) is 23.8. The van der Waals surface area contributed by atoms with Crippen molar-refractivity contribution in [3.8, 4) is 5.75 Å². The predicted octanol–water partition coefficient (Wildman–Crippen LogP) is 4.44. The van der Waals surface area contributed by atoms with Crippen LogP contribution in [0.25, 0.3) is 0 Å². The van der Waals surface area contributed by atoms with Crippen LogP contribution in [-0.4, -0.2) is 78.1 Å². The molecule has 2 aliphatic rings. The number of carbonyl (C=O) groups excluding carboxylic acids is 1. The Hall–Kier alpha value is -3.34. The number of nitrogens with one attached hydrogen (secondary N) is 1. The van der Waals surface area contributed by atoms with Gasteiger partial charge in [0.2, 0.25) is 0 Å². The molecule has 4 rings (SSSR count). The summed E-state index contributed by atoms with van der Waals surface area (Å²) in [7, 11) is 0. The number of alkyl carbamates (subject to hydrolysis) is 1. The summed E-state index contributed by atoms with van der Waals surface area (Å²) in [5.74, 6) is 0.857. The molecule has 0 aliphatic carbocycles. The van der Waals surface area contributed by atoms with Crippen LogP contribution in [0, 0.1) is 11.8 Å². The largest absolute Gasteiger partial charge is 0.489 e. The summed E-state index contributed by atoms with van der Waals surface area (Å²) in [6, 6.07) is 16.5. The van der Waals surface area contributed by atoms with E-state index in [2.05, 4.69) is 5.32 Å². The summed E-state index contributed by atoms with van der Waals surface area (Å²) in [5.41, 5.74) is 1.90. The maximum atomic E-state index is 13.0. The lowest BCUT2D eigenvalue weighted by Crippen LogP contribution is -2.51. The third-order valence-corrected chi connectivity index (χ3v) is 7.95. The molecule has 2 amide bonds. The van der Waals surface area contributed by atoms with Crippen molar-refractivity contribution in [3.05, 3.63) is 65.7 Å². The fourth-order valence-electron chi connectivity index (χ4n) is 5.31. The van der Waals surface area contributed by atoms with Crippen molar-refractivity contribution in [2.45, 2.75) is 70.7 Å². The quantitative estimate of drug-likeness (QED) is 0.304. The first-order chi connectivity index (χ1) is 19.9. The van der Waals surface area contributed by atoms with Crippen LogP contribution in [0.2, 0.25) is 0 Å². The molecular formula is C31H42N2O8. The lowest BCUT2D eigenvalue weighted by Gasteiger charge is -2.30. The fourth-order valence-corrected chi connectivity index (χ4v) is 5.31. The number of aliphatic hydroxyl groups is 1. The number of carbonyl (C=O) groups is 2. The standard InChI is InChI=1S/C31H42N2O8/c1-3-21(4-2)17-33(31(36)37)18-27(34)26(32-30(35)41-28-20-40-29-25(28)14-15-38-29)16-22-10-12-24(13-11-22)39-19-23-8-6-5-7-9-23/h5-13,21,25-29,34H,3-4,14-20H2,1-2H3,(H,32,35)(H,36,37)/t25-,26?,27?,28-,29+/m0/s1. The van der Waals surface area contributed by atoms with Crippen LogP contribution in [0.3, 0.4) is 0 Å². The summed E-state index contributed by atoms with van der Waals surface area (Å²) >= 11 is 0. The van der Waals surface area contributed by atoms with Crippen molar-refractivity contribution in [2.24, 2.45) is 11.8 Å². The molecule has 10 nitrogen and oxygen atoms in total. The van der Waals surface area contributed by atoms with E-state index in [1.54, 1.807) is 0 Å². The van der Waals surface area contributed by atoms with Gasteiger partial charge in [-0.2, -0.15) is 0 Å². The number of hydrogen-bond donors (Lipinski definition) is 3. The molecule has 0 spiro atoms. The van der Waals surface area contributed by atoms with Crippen LogP contribution in [0.1, 0.15) is 44.2 Å². The molecular weight excluding hydrogens is 528 g/mol. The van der Waals surface area contributed by atoms with Gasteiger partial charge in [-0.05, 0) is 42.0 Å². The summed E-state index contributed by atoms with van der Waals surface area (Å²) in [6.45, 7) is 5.46. The van der Waals surface area contributed by atoms with Gasteiger partial charge in [0.1, 0.15) is 18.5 Å². The average Bonchev–Trinajstić information content (AvgIpc) is 3.60. The highest BCUT2D eigenvalue weighted by Crippen LogP contribution is 2.33. The van der Waals surface area contributed by atoms with Crippen LogP contribution >= 0.6 is 0 Å². The minimum absolute atomic E-state index is 0.0184. The van der Waals surface area contributed by atoms with Gasteiger partial charge < -0.3 is 39.4 Å².